The molecule has 1 N–H and O–H groups in total. The molecule has 0 unspecified atom stereocenters. The van der Waals surface area contributed by atoms with Gasteiger partial charge in [-0.2, -0.15) is 0 Å². The molecule has 1 aromatic heterocycles. The van der Waals surface area contributed by atoms with E-state index in [1.165, 1.54) is 0 Å². The lowest BCUT2D eigenvalue weighted by Crippen LogP contribution is -2.09. The predicted molar refractivity (Wildman–Crippen MR) is 86.6 cm³/mol. The molecule has 1 heterocycles. The zero-order valence-electron chi connectivity index (χ0n) is 13.2. The molecule has 2 aromatic rings. The normalized spacial score (nSPS) is 10.9. The number of rotatable bonds is 8. The van der Waals surface area contributed by atoms with Gasteiger partial charge in [-0.25, -0.2) is 4.98 Å². The standard InChI is InChI=1S/C17H25N3O/c1-4-9-20-10-8-18-17(20)12-19-15-6-5-7-16(11-15)21-13-14(2)3/h5-8,10-11,14,19H,4,9,12-13H2,1-3H3. The largest absolute Gasteiger partial charge is 0.493 e. The molecule has 21 heavy (non-hydrogen) atoms. The van der Waals surface area contributed by atoms with Gasteiger partial charge in [0.1, 0.15) is 11.6 Å². The van der Waals surface area contributed by atoms with E-state index in [2.05, 4.69) is 41.7 Å². The summed E-state index contributed by atoms with van der Waals surface area (Å²) in [5, 5.41) is 3.41. The molecule has 0 aliphatic carbocycles. The second-order valence-corrected chi connectivity index (χ2v) is 5.62. The molecular weight excluding hydrogens is 262 g/mol. The van der Waals surface area contributed by atoms with Crippen LogP contribution < -0.4 is 10.1 Å². The van der Waals surface area contributed by atoms with Crippen LogP contribution in [0.25, 0.3) is 0 Å². The molecule has 0 spiro atoms. The van der Waals surface area contributed by atoms with Gasteiger partial charge in [0.25, 0.3) is 0 Å². The van der Waals surface area contributed by atoms with Crippen molar-refractivity contribution in [3.63, 3.8) is 0 Å². The van der Waals surface area contributed by atoms with Crippen LogP contribution in [0.5, 0.6) is 5.75 Å². The maximum atomic E-state index is 5.75. The van der Waals surface area contributed by atoms with Gasteiger partial charge in [0.15, 0.2) is 0 Å². The smallest absolute Gasteiger partial charge is 0.128 e. The maximum absolute atomic E-state index is 5.75. The average Bonchev–Trinajstić information content (AvgIpc) is 2.91. The summed E-state index contributed by atoms with van der Waals surface area (Å²) in [4.78, 5) is 4.40. The minimum atomic E-state index is 0.531. The molecule has 0 radical (unpaired) electrons. The Kier molecular flexibility index (Phi) is 5.67. The van der Waals surface area contributed by atoms with Gasteiger partial charge in [0.2, 0.25) is 0 Å². The van der Waals surface area contributed by atoms with E-state index in [9.17, 15) is 0 Å². The SMILES string of the molecule is CCCn1ccnc1CNc1cccc(OCC(C)C)c1. The van der Waals surface area contributed by atoms with Crippen molar-refractivity contribution in [3.8, 4) is 5.75 Å². The number of imidazole rings is 1. The number of hydrogen-bond acceptors (Lipinski definition) is 3. The summed E-state index contributed by atoms with van der Waals surface area (Å²) in [6.07, 6.45) is 5.00. The number of aryl methyl sites for hydroxylation is 1. The van der Waals surface area contributed by atoms with Gasteiger partial charge in [0.05, 0.1) is 13.2 Å². The van der Waals surface area contributed by atoms with Crippen LogP contribution in [0, 0.1) is 5.92 Å². The number of ether oxygens (including phenoxy) is 1. The van der Waals surface area contributed by atoms with Crippen LogP contribution in [0.15, 0.2) is 36.7 Å². The quantitative estimate of drug-likeness (QED) is 0.799. The third-order valence-corrected chi connectivity index (χ3v) is 3.13. The van der Waals surface area contributed by atoms with Crippen molar-refractivity contribution < 1.29 is 4.74 Å². The maximum Gasteiger partial charge on any atom is 0.128 e. The van der Waals surface area contributed by atoms with Gasteiger partial charge < -0.3 is 14.6 Å². The van der Waals surface area contributed by atoms with Crippen LogP contribution in [-0.4, -0.2) is 16.2 Å². The summed E-state index contributed by atoms with van der Waals surface area (Å²) in [5.41, 5.74) is 1.06. The highest BCUT2D eigenvalue weighted by Crippen LogP contribution is 2.18. The van der Waals surface area contributed by atoms with Crippen LogP contribution in [0.1, 0.15) is 33.0 Å². The van der Waals surface area contributed by atoms with Gasteiger partial charge in [-0.3, -0.25) is 0 Å². The Morgan fingerprint density at radius 3 is 2.95 bits per heavy atom. The van der Waals surface area contributed by atoms with Crippen molar-refractivity contribution in [2.45, 2.75) is 40.3 Å². The summed E-state index contributed by atoms with van der Waals surface area (Å²) in [6.45, 7) is 8.94. The fourth-order valence-electron chi connectivity index (χ4n) is 2.09. The molecule has 0 saturated heterocycles. The summed E-state index contributed by atoms with van der Waals surface area (Å²) in [7, 11) is 0. The van der Waals surface area contributed by atoms with E-state index < -0.39 is 0 Å². The molecular formula is C17H25N3O. The van der Waals surface area contributed by atoms with Crippen molar-refractivity contribution in [1.29, 1.82) is 0 Å². The lowest BCUT2D eigenvalue weighted by Gasteiger charge is -2.12. The highest BCUT2D eigenvalue weighted by atomic mass is 16.5. The van der Waals surface area contributed by atoms with Gasteiger partial charge in [-0.05, 0) is 24.5 Å². The summed E-state index contributed by atoms with van der Waals surface area (Å²) in [5.74, 6) is 2.50. The number of nitrogens with zero attached hydrogens (tertiary/aromatic N) is 2. The molecule has 0 saturated carbocycles. The van der Waals surface area contributed by atoms with Crippen molar-refractivity contribution >= 4 is 5.69 Å². The fraction of sp³-hybridized carbons (Fsp3) is 0.471. The Morgan fingerprint density at radius 1 is 1.33 bits per heavy atom. The van der Waals surface area contributed by atoms with Crippen molar-refractivity contribution in [3.05, 3.63) is 42.5 Å². The van der Waals surface area contributed by atoms with Gasteiger partial charge in [0, 0.05) is 30.7 Å². The van der Waals surface area contributed by atoms with E-state index >= 15 is 0 Å². The van der Waals surface area contributed by atoms with Crippen LogP contribution in [0.3, 0.4) is 0 Å². The van der Waals surface area contributed by atoms with Gasteiger partial charge in [-0.1, -0.05) is 26.8 Å². The van der Waals surface area contributed by atoms with Crippen LogP contribution in [0.2, 0.25) is 0 Å². The van der Waals surface area contributed by atoms with Crippen LogP contribution in [-0.2, 0) is 13.1 Å². The zero-order valence-corrected chi connectivity index (χ0v) is 13.2. The average molecular weight is 287 g/mol. The molecule has 0 atom stereocenters. The first-order chi connectivity index (χ1) is 10.2. The van der Waals surface area contributed by atoms with Gasteiger partial charge >= 0.3 is 0 Å². The van der Waals surface area contributed by atoms with E-state index in [0.717, 1.165) is 43.4 Å². The van der Waals surface area contributed by atoms with Crippen LogP contribution >= 0.6 is 0 Å². The number of hydrogen-bond donors (Lipinski definition) is 1. The number of aromatic nitrogens is 2. The highest BCUT2D eigenvalue weighted by molar-refractivity contribution is 5.48. The molecule has 0 fully saturated rings. The number of anilines is 1. The second-order valence-electron chi connectivity index (χ2n) is 5.62. The molecule has 4 heteroatoms. The zero-order chi connectivity index (χ0) is 15.1. The van der Waals surface area contributed by atoms with Crippen molar-refractivity contribution in [1.82, 2.24) is 9.55 Å². The Labute approximate surface area is 127 Å². The molecule has 4 nitrogen and oxygen atoms in total. The summed E-state index contributed by atoms with van der Waals surface area (Å²) < 4.78 is 7.93. The minimum absolute atomic E-state index is 0.531. The molecule has 0 aliphatic rings. The Bertz CT molecular complexity index is 548. The Morgan fingerprint density at radius 2 is 2.19 bits per heavy atom. The molecule has 1 aromatic carbocycles. The van der Waals surface area contributed by atoms with E-state index in [0.29, 0.717) is 5.92 Å². The highest BCUT2D eigenvalue weighted by Gasteiger charge is 2.03. The monoisotopic (exact) mass is 287 g/mol. The Hall–Kier alpha value is -1.97. The van der Waals surface area contributed by atoms with Crippen LogP contribution in [0.4, 0.5) is 5.69 Å². The second kappa shape index (κ2) is 7.72. The first-order valence-electron chi connectivity index (χ1n) is 7.65. The molecule has 0 amide bonds. The minimum Gasteiger partial charge on any atom is -0.493 e. The number of benzene rings is 1. The fourth-order valence-corrected chi connectivity index (χ4v) is 2.09. The molecule has 0 bridgehead atoms. The Balaban J connectivity index is 1.93. The molecule has 114 valence electrons. The van der Waals surface area contributed by atoms with Crippen molar-refractivity contribution in [2.24, 2.45) is 5.92 Å². The predicted octanol–water partition coefficient (Wildman–Crippen LogP) is 3.94. The molecule has 0 aliphatic heterocycles. The molecule has 2 rings (SSSR count). The first kappa shape index (κ1) is 15.4. The summed E-state index contributed by atoms with van der Waals surface area (Å²) in [6, 6.07) is 8.09. The summed E-state index contributed by atoms with van der Waals surface area (Å²) >= 11 is 0. The number of nitrogens with one attached hydrogen (secondary N) is 1. The lowest BCUT2D eigenvalue weighted by molar-refractivity contribution is 0.271. The van der Waals surface area contributed by atoms with Crippen molar-refractivity contribution in [2.75, 3.05) is 11.9 Å². The van der Waals surface area contributed by atoms with E-state index in [4.69, 9.17) is 4.74 Å². The van der Waals surface area contributed by atoms with E-state index in [1.54, 1.807) is 0 Å². The third kappa shape index (κ3) is 4.81. The van der Waals surface area contributed by atoms with E-state index in [-0.39, 0.29) is 0 Å². The lowest BCUT2D eigenvalue weighted by atomic mass is 10.2. The third-order valence-electron chi connectivity index (χ3n) is 3.13. The van der Waals surface area contributed by atoms with E-state index in [1.807, 2.05) is 30.6 Å². The first-order valence-corrected chi connectivity index (χ1v) is 7.65. The topological polar surface area (TPSA) is 39.1 Å². The van der Waals surface area contributed by atoms with Gasteiger partial charge in [-0.15, -0.1) is 0 Å².